The van der Waals surface area contributed by atoms with Gasteiger partial charge in [-0.3, -0.25) is 9.69 Å². The lowest BCUT2D eigenvalue weighted by molar-refractivity contribution is -0.134. The highest BCUT2D eigenvalue weighted by Crippen LogP contribution is 2.35. The van der Waals surface area contributed by atoms with Gasteiger partial charge in [-0.25, -0.2) is 9.59 Å². The first kappa shape index (κ1) is 33.7. The molecule has 2 aromatic carbocycles. The highest BCUT2D eigenvalue weighted by atomic mass is 35.5. The summed E-state index contributed by atoms with van der Waals surface area (Å²) in [6.45, 7) is 10.3. The molecule has 44 heavy (non-hydrogen) atoms. The number of piperazine rings is 1. The third-order valence-corrected chi connectivity index (χ3v) is 10.1. The van der Waals surface area contributed by atoms with Gasteiger partial charge in [-0.05, 0) is 61.2 Å². The van der Waals surface area contributed by atoms with E-state index in [9.17, 15) is 14.4 Å². The van der Waals surface area contributed by atoms with Crippen LogP contribution in [0.4, 0.5) is 0 Å². The van der Waals surface area contributed by atoms with Crippen molar-refractivity contribution in [2.24, 2.45) is 0 Å². The van der Waals surface area contributed by atoms with Crippen LogP contribution in [0.5, 0.6) is 0 Å². The first-order valence-electron chi connectivity index (χ1n) is 14.6. The molecular weight excluding hydrogens is 618 g/mol. The van der Waals surface area contributed by atoms with Crippen molar-refractivity contribution in [3.63, 3.8) is 0 Å². The molecule has 0 bridgehead atoms. The first-order valence-corrected chi connectivity index (χ1v) is 16.8. The minimum Gasteiger partial charge on any atom is -0.478 e. The molecule has 8 nitrogen and oxygen atoms in total. The van der Waals surface area contributed by atoms with E-state index in [0.29, 0.717) is 12.2 Å². The molecule has 5 rings (SSSR count). The second-order valence-corrected chi connectivity index (χ2v) is 13.8. The van der Waals surface area contributed by atoms with Gasteiger partial charge >= 0.3 is 11.9 Å². The number of carbonyl (C=O) groups excluding carboxylic acids is 1. The van der Waals surface area contributed by atoms with E-state index in [1.807, 2.05) is 23.9 Å². The maximum absolute atomic E-state index is 13.0. The molecule has 2 aliphatic rings. The van der Waals surface area contributed by atoms with Crippen molar-refractivity contribution < 1.29 is 24.6 Å². The number of halogens is 1. The van der Waals surface area contributed by atoms with E-state index in [1.165, 1.54) is 25.8 Å². The number of rotatable bonds is 10. The van der Waals surface area contributed by atoms with Crippen LogP contribution in [0.25, 0.3) is 11.1 Å². The molecule has 2 N–H and O–H groups in total. The van der Waals surface area contributed by atoms with E-state index >= 15 is 0 Å². The van der Waals surface area contributed by atoms with Crippen LogP contribution >= 0.6 is 34.7 Å². The molecule has 1 aromatic heterocycles. The smallest absolute Gasteiger partial charge is 0.328 e. The molecule has 1 amide bonds. The van der Waals surface area contributed by atoms with Crippen molar-refractivity contribution in [3.05, 3.63) is 87.8 Å². The number of thiophene rings is 1. The van der Waals surface area contributed by atoms with Gasteiger partial charge in [0.2, 0.25) is 0 Å². The lowest BCUT2D eigenvalue weighted by atomic mass is 9.99. The Labute approximate surface area is 271 Å². The van der Waals surface area contributed by atoms with Gasteiger partial charge in [0.25, 0.3) is 5.91 Å². The highest BCUT2D eigenvalue weighted by molar-refractivity contribution is 8.01. The summed E-state index contributed by atoms with van der Waals surface area (Å²) in [4.78, 5) is 40.5. The van der Waals surface area contributed by atoms with Crippen molar-refractivity contribution in [2.75, 3.05) is 51.6 Å². The summed E-state index contributed by atoms with van der Waals surface area (Å²) < 4.78 is 1.20. The largest absolute Gasteiger partial charge is 0.478 e. The molecule has 1 saturated heterocycles. The zero-order valence-corrected chi connectivity index (χ0v) is 27.2. The summed E-state index contributed by atoms with van der Waals surface area (Å²) in [5.41, 5.74) is 4.81. The summed E-state index contributed by atoms with van der Waals surface area (Å²) in [7, 11) is 0. The fourth-order valence-electron chi connectivity index (χ4n) is 5.24. The predicted octanol–water partition coefficient (Wildman–Crippen LogP) is 6.23. The van der Waals surface area contributed by atoms with Gasteiger partial charge in [0, 0.05) is 73.6 Å². The molecule has 0 saturated carbocycles. The number of nitrogens with zero attached hydrogens (tertiary/aromatic N) is 3. The normalized spacial score (nSPS) is 15.9. The van der Waals surface area contributed by atoms with Gasteiger partial charge in [0.05, 0.1) is 9.77 Å². The summed E-state index contributed by atoms with van der Waals surface area (Å²) in [6, 6.07) is 18.9. The average Bonchev–Trinajstić information content (AvgIpc) is 3.32. The molecule has 234 valence electrons. The molecular formula is C33H38ClN3O5S2. The maximum atomic E-state index is 13.0. The molecule has 0 aliphatic carbocycles. The quantitative estimate of drug-likeness (QED) is 0.196. The van der Waals surface area contributed by atoms with Gasteiger partial charge in [-0.2, -0.15) is 0 Å². The Bertz CT molecular complexity index is 1440. The summed E-state index contributed by atoms with van der Waals surface area (Å²) in [6.07, 6.45) is 3.33. The van der Waals surface area contributed by atoms with Crippen LogP contribution in [-0.2, 0) is 16.1 Å². The topological polar surface area (TPSA) is 101 Å². The van der Waals surface area contributed by atoms with Gasteiger partial charge in [-0.1, -0.05) is 48.0 Å². The number of thioether (sulfide) groups is 1. The van der Waals surface area contributed by atoms with E-state index in [-0.39, 0.29) is 5.91 Å². The molecule has 0 unspecified atom stereocenters. The number of amides is 1. The number of carboxylic acids is 2. The van der Waals surface area contributed by atoms with Crippen molar-refractivity contribution in [2.45, 2.75) is 30.5 Å². The SMILES string of the molecule is Cc1cc2c(s1)SCCN(CCCCN1CCN(Cc3ccccc3-c3ccc(Cl)cc3)CC1)C2=O.O=C(O)/C=C\C(=O)O. The predicted molar refractivity (Wildman–Crippen MR) is 178 cm³/mol. The van der Waals surface area contributed by atoms with E-state index in [4.69, 9.17) is 21.8 Å². The number of benzene rings is 2. The van der Waals surface area contributed by atoms with Crippen LogP contribution in [0.15, 0.2) is 71.0 Å². The molecule has 0 radical (unpaired) electrons. The van der Waals surface area contributed by atoms with E-state index in [0.717, 1.165) is 81.5 Å². The van der Waals surface area contributed by atoms with Crippen LogP contribution in [0.1, 0.15) is 33.6 Å². The fourth-order valence-corrected chi connectivity index (χ4v) is 7.77. The number of fused-ring (bicyclic) bond motifs is 1. The van der Waals surface area contributed by atoms with Crippen LogP contribution in [-0.4, -0.2) is 94.3 Å². The Kier molecular flexibility index (Phi) is 12.9. The highest BCUT2D eigenvalue weighted by Gasteiger charge is 2.24. The van der Waals surface area contributed by atoms with Gasteiger partial charge in [-0.15, -0.1) is 23.1 Å². The fraction of sp³-hybridized carbons (Fsp3) is 0.364. The number of aliphatic carboxylic acids is 2. The zero-order valence-electron chi connectivity index (χ0n) is 24.8. The van der Waals surface area contributed by atoms with Crippen molar-refractivity contribution >= 4 is 52.5 Å². The summed E-state index contributed by atoms with van der Waals surface area (Å²) in [5, 5.41) is 16.4. The Morgan fingerprint density at radius 2 is 1.50 bits per heavy atom. The average molecular weight is 656 g/mol. The van der Waals surface area contributed by atoms with Crippen LogP contribution < -0.4 is 0 Å². The summed E-state index contributed by atoms with van der Waals surface area (Å²) in [5.74, 6) is -1.28. The molecule has 3 aromatic rings. The van der Waals surface area contributed by atoms with Gasteiger partial charge in [0.1, 0.15) is 0 Å². The van der Waals surface area contributed by atoms with Crippen LogP contribution in [0.2, 0.25) is 5.02 Å². The number of unbranched alkanes of at least 4 members (excludes halogenated alkanes) is 1. The molecule has 1 fully saturated rings. The monoisotopic (exact) mass is 655 g/mol. The zero-order chi connectivity index (χ0) is 31.5. The van der Waals surface area contributed by atoms with Crippen molar-refractivity contribution in [3.8, 4) is 11.1 Å². The van der Waals surface area contributed by atoms with Crippen LogP contribution in [0, 0.1) is 6.92 Å². The molecule has 3 heterocycles. The third kappa shape index (κ3) is 10.2. The number of aryl methyl sites for hydroxylation is 1. The Morgan fingerprint density at radius 3 is 2.18 bits per heavy atom. The second-order valence-electron chi connectivity index (χ2n) is 10.7. The number of carbonyl (C=O) groups is 3. The lowest BCUT2D eigenvalue weighted by Gasteiger charge is -2.35. The minimum atomic E-state index is -1.26. The van der Waals surface area contributed by atoms with Crippen LogP contribution in [0.3, 0.4) is 0 Å². The lowest BCUT2D eigenvalue weighted by Crippen LogP contribution is -2.46. The number of carboxylic acid groups (broad SMARTS) is 2. The minimum absolute atomic E-state index is 0.229. The second kappa shape index (κ2) is 16.8. The number of hydrogen-bond donors (Lipinski definition) is 2. The summed E-state index contributed by atoms with van der Waals surface area (Å²) >= 11 is 9.69. The third-order valence-electron chi connectivity index (χ3n) is 7.49. The first-order chi connectivity index (χ1) is 21.2. The van der Waals surface area contributed by atoms with Gasteiger partial charge < -0.3 is 20.0 Å². The molecule has 0 spiro atoms. The van der Waals surface area contributed by atoms with Crippen molar-refractivity contribution in [1.82, 2.24) is 14.7 Å². The molecule has 0 atom stereocenters. The Hall–Kier alpha value is -3.15. The Morgan fingerprint density at radius 1 is 0.864 bits per heavy atom. The van der Waals surface area contributed by atoms with E-state index in [1.54, 1.807) is 11.3 Å². The molecule has 2 aliphatic heterocycles. The van der Waals surface area contributed by atoms with E-state index < -0.39 is 11.9 Å². The number of hydrogen-bond acceptors (Lipinski definition) is 7. The van der Waals surface area contributed by atoms with Crippen molar-refractivity contribution in [1.29, 1.82) is 0 Å². The standard InChI is InChI=1S/C29H34ClN3OS2.C4H4O4/c1-22-20-27-28(34)33(18-19-35-29(27)36-22)13-5-4-12-31-14-16-32(17-15-31)21-24-6-2-3-7-26(24)23-8-10-25(30)11-9-23;5-3(6)1-2-4(7)8/h2-3,6-11,20H,4-5,12-19,21H2,1H3;1-2H,(H,5,6)(H,7,8)/b;2-1-. The van der Waals surface area contributed by atoms with E-state index in [2.05, 4.69) is 64.1 Å². The Balaban J connectivity index is 0.000000488. The van der Waals surface area contributed by atoms with Gasteiger partial charge in [0.15, 0.2) is 0 Å². The maximum Gasteiger partial charge on any atom is 0.328 e. The molecule has 11 heteroatoms.